The minimum absolute atomic E-state index is 0.0342. The average molecular weight is 421 g/mol. The van der Waals surface area contributed by atoms with Crippen molar-refractivity contribution < 1.29 is 19.1 Å². The Kier molecular flexibility index (Phi) is 5.30. The van der Waals surface area contributed by atoms with Gasteiger partial charge in [0, 0.05) is 18.5 Å². The Labute approximate surface area is 182 Å². The number of hydrogen-bond donors (Lipinski definition) is 1. The molecule has 0 bridgehead atoms. The Hall–Kier alpha value is -3.02. The van der Waals surface area contributed by atoms with Crippen molar-refractivity contribution in [2.24, 2.45) is 0 Å². The molecule has 6 nitrogen and oxygen atoms in total. The Balaban J connectivity index is 1.24. The van der Waals surface area contributed by atoms with Gasteiger partial charge in [0.25, 0.3) is 5.91 Å². The molecule has 162 valence electrons. The molecule has 1 N–H and O–H groups in total. The van der Waals surface area contributed by atoms with Gasteiger partial charge >= 0.3 is 0 Å². The van der Waals surface area contributed by atoms with E-state index in [9.17, 15) is 9.59 Å². The second-order valence-corrected chi connectivity index (χ2v) is 8.81. The molecule has 0 saturated heterocycles. The number of carbonyl (C=O) groups is 2. The van der Waals surface area contributed by atoms with Crippen molar-refractivity contribution in [3.05, 3.63) is 59.7 Å². The number of hydrogen-bond acceptors (Lipinski definition) is 4. The van der Waals surface area contributed by atoms with Crippen LogP contribution in [-0.2, 0) is 11.3 Å². The quantitative estimate of drug-likeness (QED) is 0.801. The van der Waals surface area contributed by atoms with E-state index in [0.717, 1.165) is 49.0 Å². The second kappa shape index (κ2) is 8.25. The molecule has 31 heavy (non-hydrogen) atoms. The van der Waals surface area contributed by atoms with Gasteiger partial charge < -0.3 is 19.7 Å². The van der Waals surface area contributed by atoms with Gasteiger partial charge in [-0.25, -0.2) is 0 Å². The van der Waals surface area contributed by atoms with Gasteiger partial charge in [0.1, 0.15) is 12.7 Å². The van der Waals surface area contributed by atoms with Crippen LogP contribution in [0.15, 0.2) is 48.5 Å². The Morgan fingerprint density at radius 1 is 1.03 bits per heavy atom. The molecule has 0 aromatic heterocycles. The van der Waals surface area contributed by atoms with Crippen molar-refractivity contribution in [2.45, 2.75) is 56.7 Å². The molecule has 1 fully saturated rings. The third-order valence-corrected chi connectivity index (χ3v) is 6.76. The van der Waals surface area contributed by atoms with Crippen LogP contribution >= 0.6 is 0 Å². The van der Waals surface area contributed by atoms with E-state index < -0.39 is 5.54 Å². The average Bonchev–Trinajstić information content (AvgIpc) is 3.15. The van der Waals surface area contributed by atoms with Gasteiger partial charge in [0.15, 0.2) is 11.5 Å². The first-order valence-electron chi connectivity index (χ1n) is 11.2. The number of nitrogens with zero attached hydrogens (tertiary/aromatic N) is 1. The van der Waals surface area contributed by atoms with Crippen LogP contribution < -0.4 is 14.8 Å². The predicted octanol–water partition coefficient (Wildman–Crippen LogP) is 3.69. The SMILES string of the molecule is O=C(CC1(N2Cc3ccccc3C2=O)CCCCC1)NCC1COc2ccccc2O1. The molecule has 1 atom stereocenters. The van der Waals surface area contributed by atoms with Crippen LogP contribution in [0.4, 0.5) is 0 Å². The maximum absolute atomic E-state index is 13.2. The molecule has 2 aromatic carbocycles. The number of ether oxygens (including phenoxy) is 2. The zero-order valence-corrected chi connectivity index (χ0v) is 17.6. The summed E-state index contributed by atoms with van der Waals surface area (Å²) >= 11 is 0. The molecule has 1 saturated carbocycles. The van der Waals surface area contributed by atoms with Crippen LogP contribution in [0.1, 0.15) is 54.4 Å². The van der Waals surface area contributed by atoms with Gasteiger partial charge in [-0.05, 0) is 36.6 Å². The highest BCUT2D eigenvalue weighted by Gasteiger charge is 2.45. The van der Waals surface area contributed by atoms with E-state index in [-0.39, 0.29) is 17.9 Å². The lowest BCUT2D eigenvalue weighted by molar-refractivity contribution is -0.125. The zero-order chi connectivity index (χ0) is 21.3. The molecule has 2 aliphatic heterocycles. The van der Waals surface area contributed by atoms with Crippen LogP contribution in [-0.4, -0.2) is 41.5 Å². The van der Waals surface area contributed by atoms with Crippen LogP contribution in [0.5, 0.6) is 11.5 Å². The fraction of sp³-hybridized carbons (Fsp3) is 0.440. The molecule has 2 heterocycles. The molecular weight excluding hydrogens is 392 g/mol. The topological polar surface area (TPSA) is 67.9 Å². The van der Waals surface area contributed by atoms with Gasteiger partial charge in [-0.15, -0.1) is 0 Å². The summed E-state index contributed by atoms with van der Waals surface area (Å²) in [4.78, 5) is 28.1. The van der Waals surface area contributed by atoms with Gasteiger partial charge in [-0.2, -0.15) is 0 Å². The monoisotopic (exact) mass is 420 g/mol. The van der Waals surface area contributed by atoms with Crippen molar-refractivity contribution in [2.75, 3.05) is 13.2 Å². The molecule has 3 aliphatic rings. The highest BCUT2D eigenvalue weighted by molar-refractivity contribution is 5.99. The number of fused-ring (bicyclic) bond motifs is 2. The summed E-state index contributed by atoms with van der Waals surface area (Å²) in [5.41, 5.74) is 1.43. The van der Waals surface area contributed by atoms with Gasteiger partial charge in [0.05, 0.1) is 12.1 Å². The molecule has 5 rings (SSSR count). The molecule has 2 amide bonds. The van der Waals surface area contributed by atoms with Crippen LogP contribution in [0.25, 0.3) is 0 Å². The van der Waals surface area contributed by atoms with E-state index >= 15 is 0 Å². The van der Waals surface area contributed by atoms with Crippen molar-refractivity contribution in [3.8, 4) is 11.5 Å². The summed E-state index contributed by atoms with van der Waals surface area (Å²) in [5, 5.41) is 3.03. The van der Waals surface area contributed by atoms with E-state index in [1.807, 2.05) is 53.4 Å². The van der Waals surface area contributed by atoms with E-state index in [0.29, 0.717) is 31.9 Å². The van der Waals surface area contributed by atoms with E-state index in [1.165, 1.54) is 0 Å². The van der Waals surface area contributed by atoms with Crippen molar-refractivity contribution in [1.29, 1.82) is 0 Å². The molecular formula is C25H28N2O4. The number of carbonyl (C=O) groups excluding carboxylic acids is 2. The third-order valence-electron chi connectivity index (χ3n) is 6.76. The summed E-state index contributed by atoms with van der Waals surface area (Å²) in [6.45, 7) is 1.39. The summed E-state index contributed by atoms with van der Waals surface area (Å²) in [5.74, 6) is 1.47. The molecule has 0 spiro atoms. The van der Waals surface area contributed by atoms with Crippen LogP contribution in [0.3, 0.4) is 0 Å². The number of amides is 2. The number of rotatable bonds is 5. The summed E-state index contributed by atoms with van der Waals surface area (Å²) < 4.78 is 11.7. The largest absolute Gasteiger partial charge is 0.486 e. The normalized spacial score (nSPS) is 21.5. The molecule has 2 aromatic rings. The fourth-order valence-corrected chi connectivity index (χ4v) is 5.14. The molecule has 0 radical (unpaired) electrons. The molecule has 1 unspecified atom stereocenters. The molecule has 1 aliphatic carbocycles. The predicted molar refractivity (Wildman–Crippen MR) is 116 cm³/mol. The van der Waals surface area contributed by atoms with Gasteiger partial charge in [-0.1, -0.05) is 49.6 Å². The number of benzene rings is 2. The van der Waals surface area contributed by atoms with Gasteiger partial charge in [-0.3, -0.25) is 9.59 Å². The Morgan fingerprint density at radius 3 is 2.58 bits per heavy atom. The highest BCUT2D eigenvalue weighted by atomic mass is 16.6. The lowest BCUT2D eigenvalue weighted by atomic mass is 9.77. The summed E-state index contributed by atoms with van der Waals surface area (Å²) in [6.07, 6.45) is 5.10. The van der Waals surface area contributed by atoms with E-state index in [1.54, 1.807) is 0 Å². The Morgan fingerprint density at radius 2 is 1.77 bits per heavy atom. The zero-order valence-electron chi connectivity index (χ0n) is 17.6. The molecule has 6 heteroatoms. The Bertz CT molecular complexity index is 983. The van der Waals surface area contributed by atoms with Crippen molar-refractivity contribution in [3.63, 3.8) is 0 Å². The summed E-state index contributed by atoms with van der Waals surface area (Å²) in [7, 11) is 0. The minimum atomic E-state index is -0.408. The smallest absolute Gasteiger partial charge is 0.254 e. The van der Waals surface area contributed by atoms with Crippen LogP contribution in [0.2, 0.25) is 0 Å². The fourth-order valence-electron chi connectivity index (χ4n) is 5.14. The van der Waals surface area contributed by atoms with E-state index in [4.69, 9.17) is 9.47 Å². The lowest BCUT2D eigenvalue weighted by Crippen LogP contribution is -2.53. The second-order valence-electron chi connectivity index (χ2n) is 8.81. The van der Waals surface area contributed by atoms with Gasteiger partial charge in [0.2, 0.25) is 5.91 Å². The first kappa shape index (κ1) is 19.9. The lowest BCUT2D eigenvalue weighted by Gasteiger charge is -2.44. The first-order valence-corrected chi connectivity index (χ1v) is 11.2. The van der Waals surface area contributed by atoms with Crippen LogP contribution in [0, 0.1) is 0 Å². The maximum atomic E-state index is 13.2. The summed E-state index contributed by atoms with van der Waals surface area (Å²) in [6, 6.07) is 15.4. The standard InChI is InChI=1S/C25H28N2O4/c28-23(26-15-19-17-30-21-10-4-5-11-22(21)31-19)14-25(12-6-1-7-13-25)27-16-18-8-2-3-9-20(18)24(27)29/h2-5,8-11,19H,1,6-7,12-17H2,(H,26,28). The number of nitrogens with one attached hydrogen (secondary N) is 1. The third kappa shape index (κ3) is 3.87. The van der Waals surface area contributed by atoms with Crippen molar-refractivity contribution >= 4 is 11.8 Å². The highest BCUT2D eigenvalue weighted by Crippen LogP contribution is 2.41. The number of para-hydroxylation sites is 2. The maximum Gasteiger partial charge on any atom is 0.254 e. The first-order chi connectivity index (χ1) is 15.1. The van der Waals surface area contributed by atoms with Crippen molar-refractivity contribution in [1.82, 2.24) is 10.2 Å². The van der Waals surface area contributed by atoms with E-state index in [2.05, 4.69) is 5.32 Å². The minimum Gasteiger partial charge on any atom is -0.486 e.